The van der Waals surface area contributed by atoms with Crippen molar-refractivity contribution in [1.29, 1.82) is 0 Å². The first-order valence-corrected chi connectivity index (χ1v) is 11.4. The number of amides is 2. The van der Waals surface area contributed by atoms with E-state index < -0.39 is 17.8 Å². The highest BCUT2D eigenvalue weighted by molar-refractivity contribution is 6.06. The Morgan fingerprint density at radius 3 is 2.54 bits per heavy atom. The average Bonchev–Trinajstić information content (AvgIpc) is 2.84. The fraction of sp³-hybridized carbons (Fsp3) is 0.360. The first-order valence-electron chi connectivity index (χ1n) is 11.4. The molecule has 1 aromatic heterocycles. The maximum atomic E-state index is 14.6. The van der Waals surface area contributed by atoms with Gasteiger partial charge in [-0.15, -0.1) is 10.2 Å². The fourth-order valence-electron chi connectivity index (χ4n) is 4.48. The van der Waals surface area contributed by atoms with Gasteiger partial charge in [0, 0.05) is 24.5 Å². The number of aryl methyl sites for hydroxylation is 1. The minimum Gasteiger partial charge on any atom is -0.496 e. The number of halogens is 1. The number of nitrogens with two attached hydrogens (primary N) is 1. The van der Waals surface area contributed by atoms with Crippen molar-refractivity contribution in [2.75, 3.05) is 25.5 Å². The minimum absolute atomic E-state index is 0.0570. The van der Waals surface area contributed by atoms with E-state index in [4.69, 9.17) is 10.5 Å². The molecule has 2 aromatic carbocycles. The molecule has 0 saturated carbocycles. The van der Waals surface area contributed by atoms with Gasteiger partial charge in [0.1, 0.15) is 17.7 Å². The monoisotopic (exact) mass is 481 g/mol. The van der Waals surface area contributed by atoms with E-state index in [2.05, 4.69) is 15.5 Å². The summed E-state index contributed by atoms with van der Waals surface area (Å²) in [5, 5.41) is 21.3. The van der Waals surface area contributed by atoms with Crippen LogP contribution in [0, 0.1) is 12.7 Å². The van der Waals surface area contributed by atoms with Crippen LogP contribution in [0.15, 0.2) is 30.3 Å². The smallest absolute Gasteiger partial charge is 0.271 e. The van der Waals surface area contributed by atoms with Crippen LogP contribution in [0.5, 0.6) is 5.75 Å². The molecule has 0 radical (unpaired) electrons. The van der Waals surface area contributed by atoms with E-state index in [9.17, 15) is 19.1 Å². The van der Waals surface area contributed by atoms with Crippen LogP contribution >= 0.6 is 0 Å². The van der Waals surface area contributed by atoms with Crippen molar-refractivity contribution in [2.24, 2.45) is 5.73 Å². The lowest BCUT2D eigenvalue weighted by atomic mass is 9.87. The molecule has 9 nitrogen and oxygen atoms in total. The number of aromatic nitrogens is 2. The summed E-state index contributed by atoms with van der Waals surface area (Å²) in [5.74, 6) is -0.902. The normalized spacial score (nSPS) is 15.2. The average molecular weight is 482 g/mol. The van der Waals surface area contributed by atoms with Crippen LogP contribution < -0.4 is 15.8 Å². The minimum atomic E-state index is -1.04. The molecule has 3 aromatic rings. The quantitative estimate of drug-likeness (QED) is 0.493. The third kappa shape index (κ3) is 4.88. The Hall–Kier alpha value is -3.79. The molecule has 1 saturated heterocycles. The number of aliphatic hydroxyl groups is 1. The number of piperidine rings is 1. The van der Waals surface area contributed by atoms with Crippen molar-refractivity contribution in [2.45, 2.75) is 38.7 Å². The molecule has 0 bridgehead atoms. The number of hydrogen-bond acceptors (Lipinski definition) is 7. The van der Waals surface area contributed by atoms with Gasteiger partial charge >= 0.3 is 0 Å². The molecule has 10 heteroatoms. The van der Waals surface area contributed by atoms with E-state index in [0.29, 0.717) is 42.6 Å². The van der Waals surface area contributed by atoms with Gasteiger partial charge in [-0.05, 0) is 61.9 Å². The lowest BCUT2D eigenvalue weighted by Crippen LogP contribution is -2.42. The Labute approximate surface area is 202 Å². The van der Waals surface area contributed by atoms with Gasteiger partial charge in [0.15, 0.2) is 5.69 Å². The summed E-state index contributed by atoms with van der Waals surface area (Å²) in [6.45, 7) is 4.24. The second-order valence-corrected chi connectivity index (χ2v) is 8.78. The molecule has 184 valence electrons. The number of benzene rings is 2. The molecule has 1 atom stereocenters. The number of aliphatic hydroxyl groups excluding tert-OH is 1. The second kappa shape index (κ2) is 9.83. The summed E-state index contributed by atoms with van der Waals surface area (Å²) in [6, 6.07) is 8.32. The Morgan fingerprint density at radius 2 is 1.94 bits per heavy atom. The van der Waals surface area contributed by atoms with Gasteiger partial charge in [0.2, 0.25) is 0 Å². The van der Waals surface area contributed by atoms with Gasteiger partial charge < -0.3 is 25.8 Å². The van der Waals surface area contributed by atoms with Crippen LogP contribution in [0.1, 0.15) is 47.3 Å². The van der Waals surface area contributed by atoms with Gasteiger partial charge in [-0.25, -0.2) is 4.39 Å². The largest absolute Gasteiger partial charge is 0.496 e. The van der Waals surface area contributed by atoms with E-state index in [1.807, 2.05) is 6.07 Å². The molecular formula is C25H28FN5O4. The van der Waals surface area contributed by atoms with Crippen LogP contribution in [0.2, 0.25) is 0 Å². The van der Waals surface area contributed by atoms with Crippen LogP contribution in [-0.4, -0.2) is 58.3 Å². The van der Waals surface area contributed by atoms with Crippen molar-refractivity contribution >= 4 is 34.1 Å². The predicted octanol–water partition coefficient (Wildman–Crippen LogP) is 3.02. The number of fused-ring (bicyclic) bond motifs is 1. The van der Waals surface area contributed by atoms with Crippen molar-refractivity contribution < 1.29 is 23.8 Å². The number of likely N-dealkylation sites (tertiary alicyclic amines) is 1. The number of ether oxygens (including phenoxy) is 1. The van der Waals surface area contributed by atoms with Gasteiger partial charge in [-0.3, -0.25) is 9.59 Å². The number of anilines is 2. The molecule has 1 fully saturated rings. The number of carbonyl (C=O) groups is 2. The van der Waals surface area contributed by atoms with Crippen LogP contribution in [0.3, 0.4) is 0 Å². The molecule has 1 aliphatic heterocycles. The topological polar surface area (TPSA) is 131 Å². The number of nitrogens with one attached hydrogen (secondary N) is 1. The van der Waals surface area contributed by atoms with E-state index in [-0.39, 0.29) is 28.9 Å². The summed E-state index contributed by atoms with van der Waals surface area (Å²) in [7, 11) is 1.56. The van der Waals surface area contributed by atoms with E-state index in [1.165, 1.54) is 13.0 Å². The van der Waals surface area contributed by atoms with E-state index in [1.54, 1.807) is 37.1 Å². The number of carbonyl (C=O) groups excluding carboxylic acids is 2. The maximum Gasteiger partial charge on any atom is 0.271 e. The lowest BCUT2D eigenvalue weighted by Gasteiger charge is -2.33. The summed E-state index contributed by atoms with van der Waals surface area (Å²) in [5.41, 5.74) is 7.98. The van der Waals surface area contributed by atoms with Gasteiger partial charge in [0.25, 0.3) is 11.8 Å². The SMILES string of the molecule is COc1cc2nnc(C(N)=O)c(Nc3ccc(C)cc3F)c2cc1C1CCN(C(=O)[C@H](C)O)CC1. The van der Waals surface area contributed by atoms with Crippen molar-refractivity contribution in [3.05, 3.63) is 53.0 Å². The number of rotatable bonds is 6. The predicted molar refractivity (Wildman–Crippen MR) is 129 cm³/mol. The highest BCUT2D eigenvalue weighted by atomic mass is 19.1. The lowest BCUT2D eigenvalue weighted by molar-refractivity contribution is -0.140. The molecular weight excluding hydrogens is 453 g/mol. The van der Waals surface area contributed by atoms with Gasteiger partial charge in [0.05, 0.1) is 24.0 Å². The summed E-state index contributed by atoms with van der Waals surface area (Å²) in [6.07, 6.45) is 0.289. The molecule has 35 heavy (non-hydrogen) atoms. The molecule has 0 aliphatic carbocycles. The van der Waals surface area contributed by atoms with Crippen molar-refractivity contribution in [3.63, 3.8) is 0 Å². The highest BCUT2D eigenvalue weighted by Gasteiger charge is 2.28. The third-order valence-corrected chi connectivity index (χ3v) is 6.33. The van der Waals surface area contributed by atoms with E-state index in [0.717, 1.165) is 11.1 Å². The van der Waals surface area contributed by atoms with Crippen LogP contribution in [0.25, 0.3) is 10.9 Å². The van der Waals surface area contributed by atoms with Crippen molar-refractivity contribution in [3.8, 4) is 5.75 Å². The molecule has 0 unspecified atom stereocenters. The number of methoxy groups -OCH3 is 1. The molecule has 0 spiro atoms. The Kier molecular flexibility index (Phi) is 6.83. The number of primary amides is 1. The summed E-state index contributed by atoms with van der Waals surface area (Å²) < 4.78 is 20.3. The fourth-order valence-corrected chi connectivity index (χ4v) is 4.48. The van der Waals surface area contributed by atoms with Crippen molar-refractivity contribution in [1.82, 2.24) is 15.1 Å². The molecule has 2 amide bonds. The zero-order valence-corrected chi connectivity index (χ0v) is 19.8. The molecule has 1 aliphatic rings. The Bertz CT molecular complexity index is 1290. The van der Waals surface area contributed by atoms with Gasteiger partial charge in [-0.2, -0.15) is 0 Å². The van der Waals surface area contributed by atoms with Gasteiger partial charge in [-0.1, -0.05) is 6.07 Å². The zero-order chi connectivity index (χ0) is 25.3. The molecule has 4 rings (SSSR count). The number of hydrogen-bond donors (Lipinski definition) is 3. The maximum absolute atomic E-state index is 14.6. The van der Waals surface area contributed by atoms with E-state index >= 15 is 0 Å². The zero-order valence-electron chi connectivity index (χ0n) is 19.8. The number of nitrogens with zero attached hydrogens (tertiary/aromatic N) is 3. The first-order chi connectivity index (χ1) is 16.7. The standard InChI is InChI=1S/C25H28FN5O4/c1-13-4-5-19(18(26)10-13)28-22-17-11-16(15-6-8-31(9-7-15)25(34)14(2)32)21(35-3)12-20(17)29-30-23(22)24(27)33/h4-5,10-12,14-15,32H,6-9H2,1-3H3,(H2,27,33)(H,28,29)/t14-/m0/s1. The highest BCUT2D eigenvalue weighted by Crippen LogP contribution is 2.39. The molecule has 4 N–H and O–H groups in total. The first kappa shape index (κ1) is 24.3. The Balaban J connectivity index is 1.78. The second-order valence-electron chi connectivity index (χ2n) is 8.78. The summed E-state index contributed by atoms with van der Waals surface area (Å²) >= 11 is 0. The van der Waals surface area contributed by atoms with Crippen LogP contribution in [0.4, 0.5) is 15.8 Å². The third-order valence-electron chi connectivity index (χ3n) is 6.33. The summed E-state index contributed by atoms with van der Waals surface area (Å²) in [4.78, 5) is 26.0. The Morgan fingerprint density at radius 1 is 1.23 bits per heavy atom. The van der Waals surface area contributed by atoms with Crippen LogP contribution in [-0.2, 0) is 4.79 Å². The molecule has 2 heterocycles.